The Morgan fingerprint density at radius 1 is 1.05 bits per heavy atom. The molecule has 0 saturated heterocycles. The van der Waals surface area contributed by atoms with Crippen LogP contribution in [-0.4, -0.2) is 24.7 Å². The number of carboxylic acid groups (broad SMARTS) is 1. The Morgan fingerprint density at radius 2 is 1.88 bits per heavy atom. The molecule has 2 N–H and O–H groups in total. The van der Waals surface area contributed by atoms with Gasteiger partial charge in [-0.15, -0.1) is 9.32 Å². The van der Waals surface area contributed by atoms with E-state index in [1.54, 1.807) is 11.8 Å². The number of carbonyl (C=O) groups is 1. The Hall–Kier alpha value is -3.34. The summed E-state index contributed by atoms with van der Waals surface area (Å²) < 4.78 is 7.55. The van der Waals surface area contributed by atoms with E-state index in [0.717, 1.165) is 47.0 Å². The highest BCUT2D eigenvalue weighted by atomic mass is 32.2. The first kappa shape index (κ1) is 28.2. The second-order valence-corrected chi connectivity index (χ2v) is 11.3. The molecule has 0 amide bonds. The fraction of sp³-hybridized carbons (Fsp3) is 0.226. The molecule has 9 heteroatoms. The number of nitrogens with zero attached hydrogens (tertiary/aromatic N) is 2. The lowest BCUT2D eigenvalue weighted by atomic mass is 10.1. The van der Waals surface area contributed by atoms with E-state index < -0.39 is 5.97 Å². The van der Waals surface area contributed by atoms with Gasteiger partial charge in [-0.2, -0.15) is 10.0 Å². The zero-order chi connectivity index (χ0) is 27.7. The molecule has 0 spiro atoms. The van der Waals surface area contributed by atoms with Crippen molar-refractivity contribution in [3.05, 3.63) is 101 Å². The third kappa shape index (κ3) is 7.24. The van der Waals surface area contributed by atoms with Crippen LogP contribution < -0.4 is 14.9 Å². The number of para-hydroxylation sites is 1. The lowest BCUT2D eigenvalue weighted by Crippen LogP contribution is -2.34. The first-order valence-electron chi connectivity index (χ1n) is 13.3. The normalized spacial score (nSPS) is 13.7. The minimum Gasteiger partial charge on any atom is -0.481 e. The number of rotatable bonds is 13. The van der Waals surface area contributed by atoms with E-state index in [2.05, 4.69) is 101 Å². The molecule has 0 atom stereocenters. The summed E-state index contributed by atoms with van der Waals surface area (Å²) >= 11 is 2.91. The molecular formula is C31H32N3O4S2+. The number of nitrogens with one attached hydrogen (secondary N) is 1. The van der Waals surface area contributed by atoms with Gasteiger partial charge in [-0.05, 0) is 48.7 Å². The van der Waals surface area contributed by atoms with E-state index in [-0.39, 0.29) is 6.42 Å². The molecule has 0 radical (unpaired) electrons. The summed E-state index contributed by atoms with van der Waals surface area (Å²) in [6.07, 6.45) is 6.94. The van der Waals surface area contributed by atoms with Crippen molar-refractivity contribution >= 4 is 52.4 Å². The highest BCUT2D eigenvalue weighted by Gasteiger charge is 2.23. The lowest BCUT2D eigenvalue weighted by molar-refractivity contribution is -0.662. The van der Waals surface area contributed by atoms with Gasteiger partial charge in [-0.25, -0.2) is 0 Å². The van der Waals surface area contributed by atoms with Crippen LogP contribution >= 0.6 is 23.8 Å². The van der Waals surface area contributed by atoms with E-state index in [4.69, 9.17) is 14.4 Å². The molecule has 1 aromatic heterocycles. The minimum atomic E-state index is -0.759. The second-order valence-electron chi connectivity index (χ2n) is 9.51. The third-order valence-corrected chi connectivity index (χ3v) is 8.41. The van der Waals surface area contributed by atoms with E-state index in [9.17, 15) is 4.79 Å². The summed E-state index contributed by atoms with van der Waals surface area (Å²) in [6.45, 7) is 1.42. The van der Waals surface area contributed by atoms with Crippen LogP contribution in [0.5, 0.6) is 0 Å². The topological polar surface area (TPSA) is 74.9 Å². The van der Waals surface area contributed by atoms with Gasteiger partial charge in [0.2, 0.25) is 5.52 Å². The Balaban J connectivity index is 1.21. The number of thioether (sulfide) groups is 1. The summed E-state index contributed by atoms with van der Waals surface area (Å²) in [5.74, 6) is -0.759. The molecule has 0 fully saturated rings. The fourth-order valence-corrected chi connectivity index (χ4v) is 6.11. The van der Waals surface area contributed by atoms with Crippen molar-refractivity contribution in [1.29, 1.82) is 0 Å². The van der Waals surface area contributed by atoms with Gasteiger partial charge in [-0.3, -0.25) is 4.79 Å². The van der Waals surface area contributed by atoms with Crippen LogP contribution in [0.1, 0.15) is 36.8 Å². The number of aliphatic carboxylic acids is 1. The van der Waals surface area contributed by atoms with E-state index in [0.29, 0.717) is 13.0 Å². The van der Waals surface area contributed by atoms with Crippen molar-refractivity contribution in [2.24, 2.45) is 0 Å². The number of fused-ring (bicyclic) bond motifs is 2. The summed E-state index contributed by atoms with van der Waals surface area (Å²) in [6, 6.07) is 27.5. The van der Waals surface area contributed by atoms with Gasteiger partial charge < -0.3 is 10.0 Å². The van der Waals surface area contributed by atoms with Crippen molar-refractivity contribution in [1.82, 2.24) is 5.48 Å². The molecule has 0 saturated carbocycles. The van der Waals surface area contributed by atoms with Crippen LogP contribution in [0.25, 0.3) is 17.0 Å². The number of pyridine rings is 1. The molecule has 4 aromatic rings. The quantitative estimate of drug-likeness (QED) is 0.0592. The monoisotopic (exact) mass is 574 g/mol. The Labute approximate surface area is 242 Å². The molecule has 0 unspecified atom stereocenters. The van der Waals surface area contributed by atoms with Gasteiger partial charge in [-0.1, -0.05) is 60.6 Å². The van der Waals surface area contributed by atoms with Crippen LogP contribution in [0.15, 0.2) is 99.9 Å². The number of hydrogen-bond acceptors (Lipinski definition) is 7. The molecule has 0 aliphatic carbocycles. The van der Waals surface area contributed by atoms with Crippen LogP contribution in [0.4, 0.5) is 5.69 Å². The fourth-order valence-electron chi connectivity index (χ4n) is 4.58. The summed E-state index contributed by atoms with van der Waals surface area (Å²) in [7, 11) is 2.09. The Bertz CT molecular complexity index is 1500. The third-order valence-electron chi connectivity index (χ3n) is 6.66. The number of benzene rings is 3. The number of unbranched alkanes of at least 4 members (excludes halogenated alkanes) is 2. The number of hydrogen-bond donors (Lipinski definition) is 2. The largest absolute Gasteiger partial charge is 0.481 e. The van der Waals surface area contributed by atoms with Crippen LogP contribution in [-0.2, 0) is 20.7 Å². The molecule has 5 rings (SSSR count). The Kier molecular flexibility index (Phi) is 9.75. The van der Waals surface area contributed by atoms with Gasteiger partial charge in [0.05, 0.1) is 28.1 Å². The average Bonchev–Trinajstić information content (AvgIpc) is 3.28. The molecular weight excluding hydrogens is 542 g/mol. The van der Waals surface area contributed by atoms with E-state index >= 15 is 0 Å². The molecule has 2 heterocycles. The first-order chi connectivity index (χ1) is 19.6. The number of carboxylic acids is 1. The zero-order valence-corrected chi connectivity index (χ0v) is 23.9. The van der Waals surface area contributed by atoms with Gasteiger partial charge in [0.1, 0.15) is 0 Å². The van der Waals surface area contributed by atoms with Crippen molar-refractivity contribution in [2.45, 2.75) is 42.0 Å². The predicted octanol–water partition coefficient (Wildman–Crippen LogP) is 6.82. The molecule has 1 aliphatic rings. The van der Waals surface area contributed by atoms with Gasteiger partial charge >= 0.3 is 5.97 Å². The standard InChI is InChI=1S/C31H31N3O4S2/c1-33-28-21-25(40-38-37-32-18-9-3-6-14-31(35)36)15-16-29(28)39-30(33)20-24-17-19-34(22-23-10-4-2-5-11-23)27-13-8-7-12-26(24)27/h2,4-5,7-8,10-13,15-17,19-21,32H,3,6,9,14,18,22H2,1H3/p+1. The smallest absolute Gasteiger partial charge is 0.303 e. The maximum Gasteiger partial charge on any atom is 0.303 e. The summed E-state index contributed by atoms with van der Waals surface area (Å²) in [4.78, 5) is 19.9. The van der Waals surface area contributed by atoms with Crippen molar-refractivity contribution in [3.8, 4) is 0 Å². The zero-order valence-electron chi connectivity index (χ0n) is 22.3. The van der Waals surface area contributed by atoms with Crippen molar-refractivity contribution < 1.29 is 23.8 Å². The van der Waals surface area contributed by atoms with Crippen LogP contribution in [0, 0.1) is 0 Å². The maximum atomic E-state index is 10.5. The summed E-state index contributed by atoms with van der Waals surface area (Å²) in [5.41, 5.74) is 7.54. The Morgan fingerprint density at radius 3 is 2.73 bits per heavy atom. The van der Waals surface area contributed by atoms with Crippen LogP contribution in [0.3, 0.4) is 0 Å². The average molecular weight is 575 g/mol. The molecule has 206 valence electrons. The molecule has 3 aromatic carbocycles. The van der Waals surface area contributed by atoms with Crippen molar-refractivity contribution in [3.63, 3.8) is 0 Å². The minimum absolute atomic E-state index is 0.200. The van der Waals surface area contributed by atoms with Crippen LogP contribution in [0.2, 0.25) is 0 Å². The van der Waals surface area contributed by atoms with Gasteiger partial charge in [0.15, 0.2) is 12.7 Å². The van der Waals surface area contributed by atoms with Gasteiger partial charge in [0.25, 0.3) is 0 Å². The van der Waals surface area contributed by atoms with E-state index in [1.165, 1.54) is 26.9 Å². The molecule has 1 aliphatic heterocycles. The maximum absolute atomic E-state index is 10.5. The number of hydroxylamine groups is 1. The summed E-state index contributed by atoms with van der Waals surface area (Å²) in [5, 5.41) is 11.0. The second kappa shape index (κ2) is 13.8. The first-order valence-corrected chi connectivity index (χ1v) is 14.8. The number of anilines is 1. The van der Waals surface area contributed by atoms with E-state index in [1.807, 2.05) is 12.1 Å². The highest BCUT2D eigenvalue weighted by Crippen LogP contribution is 2.47. The predicted molar refractivity (Wildman–Crippen MR) is 160 cm³/mol. The van der Waals surface area contributed by atoms with Gasteiger partial charge in [0, 0.05) is 47.5 Å². The molecule has 7 nitrogen and oxygen atoms in total. The number of aromatic nitrogens is 1. The SMILES string of the molecule is CN1C(=Cc2cc[n+](Cc3ccccc3)c3ccccc23)Sc2ccc(SOONCCCCCC(=O)O)cc21. The van der Waals surface area contributed by atoms with Crippen molar-refractivity contribution in [2.75, 3.05) is 18.5 Å². The molecule has 0 bridgehead atoms. The molecule has 40 heavy (non-hydrogen) atoms. The lowest BCUT2D eigenvalue weighted by Gasteiger charge is -2.14. The highest BCUT2D eigenvalue weighted by molar-refractivity contribution is 8.04.